The number of nitrogens with one attached hydrogen (secondary N) is 2. The molecule has 0 aliphatic rings. The molecule has 0 fully saturated rings. The Kier molecular flexibility index (Phi) is 6.00. The molecule has 3 aromatic carbocycles. The van der Waals surface area contributed by atoms with Crippen molar-refractivity contribution in [2.24, 2.45) is 5.73 Å². The number of fused-ring (bicyclic) bond motifs is 1. The maximum atomic E-state index is 13.2. The number of anilines is 1. The van der Waals surface area contributed by atoms with Crippen LogP contribution in [0.5, 0.6) is 0 Å². The molecule has 0 saturated carbocycles. The second-order valence-corrected chi connectivity index (χ2v) is 7.52. The van der Waals surface area contributed by atoms with Gasteiger partial charge in [0.25, 0.3) is 5.91 Å². The van der Waals surface area contributed by atoms with Crippen LogP contribution in [0.2, 0.25) is 5.02 Å². The molecule has 5 nitrogen and oxygen atoms in total. The first-order valence-corrected chi connectivity index (χ1v) is 10.1. The highest BCUT2D eigenvalue weighted by Crippen LogP contribution is 2.22. The van der Waals surface area contributed by atoms with Gasteiger partial charge in [0, 0.05) is 16.3 Å². The normalized spacial score (nSPS) is 11.9. The van der Waals surface area contributed by atoms with Gasteiger partial charge >= 0.3 is 0 Å². The summed E-state index contributed by atoms with van der Waals surface area (Å²) in [4.78, 5) is 20.6. The van der Waals surface area contributed by atoms with Crippen LogP contribution in [0.25, 0.3) is 16.7 Å². The third kappa shape index (κ3) is 4.92. The van der Waals surface area contributed by atoms with Crippen molar-refractivity contribution in [3.63, 3.8) is 0 Å². The second kappa shape index (κ2) is 9.02. The van der Waals surface area contributed by atoms with E-state index in [1.54, 1.807) is 30.3 Å². The molecule has 0 atom stereocenters. The lowest BCUT2D eigenvalue weighted by Crippen LogP contribution is -2.19. The lowest BCUT2D eigenvalue weighted by atomic mass is 9.99. The number of aromatic amines is 1. The summed E-state index contributed by atoms with van der Waals surface area (Å²) in [5, 5.41) is 3.37. The van der Waals surface area contributed by atoms with E-state index in [2.05, 4.69) is 15.3 Å². The van der Waals surface area contributed by atoms with Crippen LogP contribution in [-0.4, -0.2) is 15.9 Å². The molecule has 156 valence electrons. The SMILES string of the molecule is N/C(=C(/CCc1ccc(F)cc1)C(=O)Nc1nc2ccc(Cl)cc2[nH]1)c1ccccc1. The molecule has 31 heavy (non-hydrogen) atoms. The predicted molar refractivity (Wildman–Crippen MR) is 122 cm³/mol. The number of rotatable bonds is 6. The van der Waals surface area contributed by atoms with E-state index in [-0.39, 0.29) is 11.7 Å². The Morgan fingerprint density at radius 3 is 2.55 bits per heavy atom. The average Bonchev–Trinajstić information content (AvgIpc) is 3.16. The molecule has 0 saturated heterocycles. The van der Waals surface area contributed by atoms with Gasteiger partial charge in [-0.2, -0.15) is 0 Å². The maximum Gasteiger partial charge on any atom is 0.255 e. The number of carbonyl (C=O) groups excluding carboxylic acids is 1. The molecule has 0 spiro atoms. The van der Waals surface area contributed by atoms with Crippen molar-refractivity contribution in [2.75, 3.05) is 5.32 Å². The van der Waals surface area contributed by atoms with Crippen molar-refractivity contribution in [1.29, 1.82) is 0 Å². The number of nitrogens with two attached hydrogens (primary N) is 1. The number of amides is 1. The number of H-pyrrole nitrogens is 1. The minimum absolute atomic E-state index is 0.300. The number of aryl methyl sites for hydroxylation is 1. The lowest BCUT2D eigenvalue weighted by Gasteiger charge is -2.12. The molecule has 0 radical (unpaired) electrons. The summed E-state index contributed by atoms with van der Waals surface area (Å²) in [5.74, 6) is -0.345. The smallest absolute Gasteiger partial charge is 0.255 e. The van der Waals surface area contributed by atoms with Crippen molar-refractivity contribution in [2.45, 2.75) is 12.8 Å². The first-order valence-electron chi connectivity index (χ1n) is 9.75. The summed E-state index contributed by atoms with van der Waals surface area (Å²) in [6, 6.07) is 20.8. The minimum atomic E-state index is -0.353. The zero-order valence-corrected chi connectivity index (χ0v) is 17.3. The van der Waals surface area contributed by atoms with Gasteiger partial charge in [-0.3, -0.25) is 10.1 Å². The number of hydrogen-bond acceptors (Lipinski definition) is 3. The topological polar surface area (TPSA) is 83.8 Å². The van der Waals surface area contributed by atoms with Crippen LogP contribution in [0.3, 0.4) is 0 Å². The van der Waals surface area contributed by atoms with Gasteiger partial charge in [0.15, 0.2) is 0 Å². The summed E-state index contributed by atoms with van der Waals surface area (Å²) >= 11 is 6.02. The zero-order chi connectivity index (χ0) is 21.8. The van der Waals surface area contributed by atoms with E-state index in [0.717, 1.165) is 16.6 Å². The average molecular weight is 435 g/mol. The van der Waals surface area contributed by atoms with E-state index < -0.39 is 0 Å². The third-order valence-corrected chi connectivity index (χ3v) is 5.17. The maximum absolute atomic E-state index is 13.2. The quantitative estimate of drug-likeness (QED) is 0.360. The molecule has 1 heterocycles. The van der Waals surface area contributed by atoms with E-state index in [4.69, 9.17) is 17.3 Å². The summed E-state index contributed by atoms with van der Waals surface area (Å²) in [6.07, 6.45) is 0.913. The number of hydrogen-bond donors (Lipinski definition) is 3. The summed E-state index contributed by atoms with van der Waals surface area (Å²) in [5.41, 5.74) is 10.3. The fourth-order valence-electron chi connectivity index (χ4n) is 3.31. The molecule has 0 aliphatic carbocycles. The largest absolute Gasteiger partial charge is 0.398 e. The molecule has 1 amide bonds. The van der Waals surface area contributed by atoms with E-state index in [9.17, 15) is 9.18 Å². The second-order valence-electron chi connectivity index (χ2n) is 7.09. The van der Waals surface area contributed by atoms with Crippen LogP contribution in [0, 0.1) is 5.82 Å². The van der Waals surface area contributed by atoms with Gasteiger partial charge in [0.2, 0.25) is 5.95 Å². The standard InChI is InChI=1S/C24H20ClFN4O/c25-17-9-13-20-21(14-17)29-24(28-20)30-23(31)19(22(27)16-4-2-1-3-5-16)12-8-15-6-10-18(26)11-7-15/h1-7,9-11,13-14H,8,12,27H2,(H2,28,29,30,31)/b22-19-. The van der Waals surface area contributed by atoms with Crippen LogP contribution in [0.4, 0.5) is 10.3 Å². The fourth-order valence-corrected chi connectivity index (χ4v) is 3.48. The van der Waals surface area contributed by atoms with Crippen LogP contribution in [0.1, 0.15) is 17.5 Å². The van der Waals surface area contributed by atoms with Gasteiger partial charge in [0.1, 0.15) is 5.82 Å². The Labute approximate surface area is 183 Å². The highest BCUT2D eigenvalue weighted by atomic mass is 35.5. The van der Waals surface area contributed by atoms with Crippen LogP contribution in [0.15, 0.2) is 78.4 Å². The van der Waals surface area contributed by atoms with E-state index in [0.29, 0.717) is 40.6 Å². The Morgan fingerprint density at radius 2 is 1.81 bits per heavy atom. The Morgan fingerprint density at radius 1 is 1.06 bits per heavy atom. The molecule has 4 rings (SSSR count). The summed E-state index contributed by atoms with van der Waals surface area (Å²) in [7, 11) is 0. The van der Waals surface area contributed by atoms with Gasteiger partial charge < -0.3 is 10.7 Å². The van der Waals surface area contributed by atoms with Crippen LogP contribution >= 0.6 is 11.6 Å². The molecule has 4 N–H and O–H groups in total. The first-order chi connectivity index (χ1) is 15.0. The fraction of sp³-hybridized carbons (Fsp3) is 0.0833. The van der Waals surface area contributed by atoms with Gasteiger partial charge in [-0.1, -0.05) is 54.1 Å². The van der Waals surface area contributed by atoms with E-state index in [1.807, 2.05) is 30.3 Å². The molecule has 7 heteroatoms. The number of imidazole rings is 1. The summed E-state index contributed by atoms with van der Waals surface area (Å²) < 4.78 is 13.2. The lowest BCUT2D eigenvalue weighted by molar-refractivity contribution is -0.113. The number of halogens is 2. The summed E-state index contributed by atoms with van der Waals surface area (Å²) in [6.45, 7) is 0. The van der Waals surface area contributed by atoms with Gasteiger partial charge in [0.05, 0.1) is 11.0 Å². The Bertz CT molecular complexity index is 1250. The van der Waals surface area contributed by atoms with Crippen molar-refractivity contribution in [3.05, 3.63) is 100 Å². The van der Waals surface area contributed by atoms with Gasteiger partial charge in [-0.15, -0.1) is 0 Å². The minimum Gasteiger partial charge on any atom is -0.398 e. The van der Waals surface area contributed by atoms with Crippen molar-refractivity contribution in [3.8, 4) is 0 Å². The van der Waals surface area contributed by atoms with Gasteiger partial charge in [-0.05, 0) is 54.3 Å². The van der Waals surface area contributed by atoms with Crippen LogP contribution < -0.4 is 11.1 Å². The van der Waals surface area contributed by atoms with Crippen LogP contribution in [-0.2, 0) is 11.2 Å². The monoisotopic (exact) mass is 434 g/mol. The number of carbonyl (C=O) groups is 1. The number of aromatic nitrogens is 2. The Hall–Kier alpha value is -3.64. The molecule has 0 aliphatic heterocycles. The van der Waals surface area contributed by atoms with Crippen molar-refractivity contribution >= 4 is 40.2 Å². The highest BCUT2D eigenvalue weighted by Gasteiger charge is 2.17. The highest BCUT2D eigenvalue weighted by molar-refractivity contribution is 6.31. The molecular weight excluding hydrogens is 415 g/mol. The number of benzene rings is 3. The van der Waals surface area contributed by atoms with E-state index >= 15 is 0 Å². The van der Waals surface area contributed by atoms with Crippen molar-refractivity contribution < 1.29 is 9.18 Å². The Balaban J connectivity index is 1.61. The molecule has 0 bridgehead atoms. The zero-order valence-electron chi connectivity index (χ0n) is 16.5. The molecule has 1 aromatic heterocycles. The molecular formula is C24H20ClFN4O. The van der Waals surface area contributed by atoms with Crippen molar-refractivity contribution in [1.82, 2.24) is 9.97 Å². The first kappa shape index (κ1) is 20.6. The third-order valence-electron chi connectivity index (χ3n) is 4.94. The van der Waals surface area contributed by atoms with E-state index in [1.165, 1.54) is 12.1 Å². The van der Waals surface area contributed by atoms with Gasteiger partial charge in [-0.25, -0.2) is 9.37 Å². The molecule has 4 aromatic rings. The number of nitrogens with zero attached hydrogens (tertiary/aromatic N) is 1. The predicted octanol–water partition coefficient (Wildman–Crippen LogP) is 5.30. The molecule has 0 unspecified atom stereocenters.